The maximum Gasteiger partial charge on any atom is 0.255 e. The van der Waals surface area contributed by atoms with E-state index in [1.165, 1.54) is 22.0 Å². The number of amides is 1. The Balaban J connectivity index is 1.41. The average molecular weight is 363 g/mol. The highest BCUT2D eigenvalue weighted by atomic mass is 16.5. The van der Waals surface area contributed by atoms with Gasteiger partial charge in [-0.2, -0.15) is 0 Å². The predicted octanol–water partition coefficient (Wildman–Crippen LogP) is 2.94. The number of fused-ring (bicyclic) bond motifs is 2. The first-order chi connectivity index (χ1) is 13.1. The van der Waals surface area contributed by atoms with Gasteiger partial charge in [-0.05, 0) is 54.8 Å². The van der Waals surface area contributed by atoms with Crippen molar-refractivity contribution in [3.63, 3.8) is 0 Å². The van der Waals surface area contributed by atoms with Crippen molar-refractivity contribution in [3.8, 4) is 5.75 Å². The van der Waals surface area contributed by atoms with E-state index >= 15 is 0 Å². The molecule has 140 valence electrons. The maximum atomic E-state index is 12.1. The Morgan fingerprint density at radius 2 is 2.15 bits per heavy atom. The number of carbonyl (C=O) groups excluding carboxylic acids is 1. The monoisotopic (exact) mass is 363 g/mol. The van der Waals surface area contributed by atoms with E-state index in [9.17, 15) is 4.79 Å². The summed E-state index contributed by atoms with van der Waals surface area (Å²) in [7, 11) is 2.10. The molecule has 1 aliphatic rings. The largest absolute Gasteiger partial charge is 0.491 e. The first-order valence-corrected chi connectivity index (χ1v) is 9.41. The molecule has 0 saturated carbocycles. The van der Waals surface area contributed by atoms with Gasteiger partial charge in [0.25, 0.3) is 5.91 Å². The zero-order chi connectivity index (χ0) is 18.8. The molecule has 1 aromatic heterocycles. The first-order valence-electron chi connectivity index (χ1n) is 9.41. The fourth-order valence-corrected chi connectivity index (χ4v) is 3.79. The standard InChI is InChI=1S/C22H25N3O2/c1-15-4-3-5-19-21(15)17(14-25(19)2)8-9-23-13-16-6-7-20-18(12-16)22(26)24-10-11-27-20/h3-7,12,14,23H,8-11,13H2,1-2H3,(H,24,26). The van der Waals surface area contributed by atoms with Crippen molar-refractivity contribution in [3.05, 3.63) is 64.8 Å². The Bertz CT molecular complexity index is 991. The van der Waals surface area contributed by atoms with E-state index in [2.05, 4.69) is 53.6 Å². The third-order valence-electron chi connectivity index (χ3n) is 5.14. The summed E-state index contributed by atoms with van der Waals surface area (Å²) in [5, 5.41) is 7.72. The second-order valence-corrected chi connectivity index (χ2v) is 7.10. The summed E-state index contributed by atoms with van der Waals surface area (Å²) >= 11 is 0. The Hall–Kier alpha value is -2.79. The minimum atomic E-state index is -0.0596. The molecule has 0 radical (unpaired) electrons. The van der Waals surface area contributed by atoms with Crippen molar-refractivity contribution in [1.29, 1.82) is 0 Å². The molecule has 0 unspecified atom stereocenters. The SMILES string of the molecule is Cc1cccc2c1c(CCNCc1ccc3c(c1)C(=O)NCCO3)cn2C. The zero-order valence-electron chi connectivity index (χ0n) is 15.8. The van der Waals surface area contributed by atoms with E-state index in [0.717, 1.165) is 25.1 Å². The molecule has 5 heteroatoms. The second kappa shape index (κ2) is 7.45. The number of benzene rings is 2. The lowest BCUT2D eigenvalue weighted by Crippen LogP contribution is -2.24. The summed E-state index contributed by atoms with van der Waals surface area (Å²) in [4.78, 5) is 12.1. The highest BCUT2D eigenvalue weighted by Gasteiger charge is 2.16. The van der Waals surface area contributed by atoms with Crippen LogP contribution in [0.5, 0.6) is 5.75 Å². The van der Waals surface area contributed by atoms with Crippen LogP contribution in [0.3, 0.4) is 0 Å². The van der Waals surface area contributed by atoms with Crippen LogP contribution in [0.2, 0.25) is 0 Å². The van der Waals surface area contributed by atoms with Gasteiger partial charge in [-0.1, -0.05) is 18.2 Å². The van der Waals surface area contributed by atoms with E-state index in [1.54, 1.807) is 0 Å². The van der Waals surface area contributed by atoms with Gasteiger partial charge in [0.15, 0.2) is 0 Å². The lowest BCUT2D eigenvalue weighted by molar-refractivity contribution is 0.0957. The van der Waals surface area contributed by atoms with Crippen molar-refractivity contribution in [2.75, 3.05) is 19.7 Å². The van der Waals surface area contributed by atoms with Gasteiger partial charge in [0.05, 0.1) is 12.1 Å². The van der Waals surface area contributed by atoms with Crippen LogP contribution in [0.15, 0.2) is 42.6 Å². The normalized spacial score (nSPS) is 13.8. The van der Waals surface area contributed by atoms with Gasteiger partial charge in [0.2, 0.25) is 0 Å². The number of rotatable bonds is 5. The van der Waals surface area contributed by atoms with Crippen molar-refractivity contribution in [2.24, 2.45) is 7.05 Å². The molecule has 0 aliphatic carbocycles. The number of nitrogens with one attached hydrogen (secondary N) is 2. The lowest BCUT2D eigenvalue weighted by atomic mass is 10.1. The van der Waals surface area contributed by atoms with Crippen LogP contribution in [0.4, 0.5) is 0 Å². The molecule has 27 heavy (non-hydrogen) atoms. The molecule has 2 aromatic carbocycles. The third-order valence-corrected chi connectivity index (χ3v) is 5.14. The van der Waals surface area contributed by atoms with E-state index in [1.807, 2.05) is 18.2 Å². The number of carbonyl (C=O) groups is 1. The molecule has 1 amide bonds. The van der Waals surface area contributed by atoms with Crippen molar-refractivity contribution >= 4 is 16.8 Å². The van der Waals surface area contributed by atoms with Gasteiger partial charge < -0.3 is 19.9 Å². The fraction of sp³-hybridized carbons (Fsp3) is 0.318. The number of nitrogens with zero attached hydrogens (tertiary/aromatic N) is 1. The quantitative estimate of drug-likeness (QED) is 0.686. The molecule has 3 aromatic rings. The zero-order valence-corrected chi connectivity index (χ0v) is 15.8. The Morgan fingerprint density at radius 3 is 3.04 bits per heavy atom. The number of aryl methyl sites for hydroxylation is 2. The second-order valence-electron chi connectivity index (χ2n) is 7.10. The molecule has 0 saturated heterocycles. The van der Waals surface area contributed by atoms with Crippen LogP contribution in [0.25, 0.3) is 10.9 Å². The molecule has 0 bridgehead atoms. The summed E-state index contributed by atoms with van der Waals surface area (Å²) < 4.78 is 7.80. The molecule has 0 spiro atoms. The number of hydrogen-bond donors (Lipinski definition) is 2. The van der Waals surface area contributed by atoms with Crippen LogP contribution >= 0.6 is 0 Å². The average Bonchev–Trinajstić information content (AvgIpc) is 2.88. The van der Waals surface area contributed by atoms with Gasteiger partial charge in [0, 0.05) is 30.7 Å². The van der Waals surface area contributed by atoms with Crippen LogP contribution in [-0.4, -0.2) is 30.2 Å². The van der Waals surface area contributed by atoms with Crippen LogP contribution in [-0.2, 0) is 20.0 Å². The Kier molecular flexibility index (Phi) is 4.86. The van der Waals surface area contributed by atoms with Crippen LogP contribution < -0.4 is 15.4 Å². The Morgan fingerprint density at radius 1 is 1.26 bits per heavy atom. The summed E-state index contributed by atoms with van der Waals surface area (Å²) in [6.45, 7) is 4.84. The van der Waals surface area contributed by atoms with E-state index in [4.69, 9.17) is 4.74 Å². The first kappa shape index (κ1) is 17.6. The Labute approximate surface area is 159 Å². The number of aromatic nitrogens is 1. The summed E-state index contributed by atoms with van der Waals surface area (Å²) in [5.74, 6) is 0.607. The maximum absolute atomic E-state index is 12.1. The van der Waals surface area contributed by atoms with Crippen molar-refractivity contribution in [1.82, 2.24) is 15.2 Å². The van der Waals surface area contributed by atoms with Gasteiger partial charge >= 0.3 is 0 Å². The summed E-state index contributed by atoms with van der Waals surface area (Å²) in [6.07, 6.45) is 3.19. The minimum Gasteiger partial charge on any atom is -0.491 e. The fourth-order valence-electron chi connectivity index (χ4n) is 3.79. The summed E-state index contributed by atoms with van der Waals surface area (Å²) in [6, 6.07) is 12.3. The number of ether oxygens (including phenoxy) is 1. The molecule has 5 nitrogen and oxygen atoms in total. The van der Waals surface area contributed by atoms with Gasteiger partial charge in [0.1, 0.15) is 12.4 Å². The molecule has 4 rings (SSSR count). The topological polar surface area (TPSA) is 55.3 Å². The molecular formula is C22H25N3O2. The molecular weight excluding hydrogens is 338 g/mol. The van der Waals surface area contributed by atoms with Crippen LogP contribution in [0, 0.1) is 6.92 Å². The van der Waals surface area contributed by atoms with Gasteiger partial charge in [-0.25, -0.2) is 0 Å². The smallest absolute Gasteiger partial charge is 0.255 e. The summed E-state index contributed by atoms with van der Waals surface area (Å²) in [5.41, 5.74) is 5.68. The highest BCUT2D eigenvalue weighted by Crippen LogP contribution is 2.24. The van der Waals surface area contributed by atoms with E-state index in [0.29, 0.717) is 24.5 Å². The van der Waals surface area contributed by atoms with Crippen molar-refractivity contribution < 1.29 is 9.53 Å². The van der Waals surface area contributed by atoms with E-state index < -0.39 is 0 Å². The molecule has 2 N–H and O–H groups in total. The van der Waals surface area contributed by atoms with E-state index in [-0.39, 0.29) is 5.91 Å². The number of hydrogen-bond acceptors (Lipinski definition) is 3. The van der Waals surface area contributed by atoms with Gasteiger partial charge in [-0.15, -0.1) is 0 Å². The van der Waals surface area contributed by atoms with Gasteiger partial charge in [-0.3, -0.25) is 4.79 Å². The molecule has 2 heterocycles. The van der Waals surface area contributed by atoms with Crippen molar-refractivity contribution in [2.45, 2.75) is 19.9 Å². The molecule has 1 aliphatic heterocycles. The highest BCUT2D eigenvalue weighted by molar-refractivity contribution is 5.97. The molecule has 0 fully saturated rings. The lowest BCUT2D eigenvalue weighted by Gasteiger charge is -2.09. The minimum absolute atomic E-state index is 0.0596. The third kappa shape index (κ3) is 3.55. The molecule has 0 atom stereocenters. The predicted molar refractivity (Wildman–Crippen MR) is 107 cm³/mol. The van der Waals surface area contributed by atoms with Crippen LogP contribution in [0.1, 0.15) is 27.0 Å².